The van der Waals surface area contributed by atoms with E-state index in [4.69, 9.17) is 10.1 Å². The molecule has 1 aromatic carbocycles. The first-order valence-electron chi connectivity index (χ1n) is 7.40. The molecule has 0 aliphatic carbocycles. The van der Waals surface area contributed by atoms with Crippen molar-refractivity contribution in [1.29, 1.82) is 5.41 Å². The number of halogens is 1. The Balaban J connectivity index is 2.06. The molecule has 1 saturated heterocycles. The number of likely N-dealkylation sites (N-methyl/N-ethyl adjacent to an activating group) is 2. The molecular weight excluding hydrogens is 360 g/mol. The van der Waals surface area contributed by atoms with Crippen molar-refractivity contribution in [3.05, 3.63) is 34.4 Å². The van der Waals surface area contributed by atoms with Crippen LogP contribution in [0.4, 0.5) is 0 Å². The van der Waals surface area contributed by atoms with E-state index < -0.39 is 5.72 Å². The van der Waals surface area contributed by atoms with E-state index in [2.05, 4.69) is 20.9 Å². The van der Waals surface area contributed by atoms with Gasteiger partial charge in [0.15, 0.2) is 0 Å². The lowest BCUT2D eigenvalue weighted by atomic mass is 10.0. The van der Waals surface area contributed by atoms with Crippen LogP contribution in [0.1, 0.15) is 12.5 Å². The van der Waals surface area contributed by atoms with Gasteiger partial charge in [-0.3, -0.25) is 15.1 Å². The van der Waals surface area contributed by atoms with Crippen LogP contribution in [0.2, 0.25) is 0 Å². The molecule has 23 heavy (non-hydrogen) atoms. The van der Waals surface area contributed by atoms with Crippen LogP contribution < -0.4 is 0 Å². The van der Waals surface area contributed by atoms with Crippen molar-refractivity contribution in [2.45, 2.75) is 19.1 Å². The summed E-state index contributed by atoms with van der Waals surface area (Å²) < 4.78 is 6.87. The molecule has 0 spiro atoms. The predicted octanol–water partition coefficient (Wildman–Crippen LogP) is 2.54. The van der Waals surface area contributed by atoms with E-state index in [9.17, 15) is 4.79 Å². The van der Waals surface area contributed by atoms with Gasteiger partial charge in [0.1, 0.15) is 0 Å². The van der Waals surface area contributed by atoms with Crippen LogP contribution in [-0.4, -0.2) is 53.1 Å². The van der Waals surface area contributed by atoms with Crippen molar-refractivity contribution < 1.29 is 9.53 Å². The zero-order valence-corrected chi connectivity index (χ0v) is 14.9. The number of ether oxygens (including phenoxy) is 1. The number of benzene rings is 1. The number of nitrogens with one attached hydrogen (secondary N) is 2. The Morgan fingerprint density at radius 2 is 2.13 bits per heavy atom. The number of fused-ring (bicyclic) bond motifs is 1. The summed E-state index contributed by atoms with van der Waals surface area (Å²) in [5, 5.41) is 9.13. The van der Waals surface area contributed by atoms with Gasteiger partial charge in [0.25, 0.3) is 5.91 Å². The van der Waals surface area contributed by atoms with Crippen LogP contribution in [0.5, 0.6) is 0 Å². The molecule has 1 amide bonds. The fourth-order valence-corrected chi connectivity index (χ4v) is 3.46. The van der Waals surface area contributed by atoms with Gasteiger partial charge >= 0.3 is 0 Å². The third-order valence-electron chi connectivity index (χ3n) is 4.36. The smallest absolute Gasteiger partial charge is 0.282 e. The molecule has 6 nitrogen and oxygen atoms in total. The van der Waals surface area contributed by atoms with E-state index in [1.807, 2.05) is 31.3 Å². The molecule has 2 N–H and O–H groups in total. The third kappa shape index (κ3) is 2.35. The highest BCUT2D eigenvalue weighted by atomic mass is 79.9. The second kappa shape index (κ2) is 5.65. The van der Waals surface area contributed by atoms with Gasteiger partial charge in [0.05, 0.1) is 0 Å². The molecule has 1 aliphatic heterocycles. The molecule has 2 aromatic rings. The number of aromatic nitrogens is 1. The van der Waals surface area contributed by atoms with E-state index in [-0.39, 0.29) is 11.9 Å². The maximum absolute atomic E-state index is 12.8. The Morgan fingerprint density at radius 1 is 1.39 bits per heavy atom. The molecule has 1 aliphatic rings. The quantitative estimate of drug-likeness (QED) is 0.858. The summed E-state index contributed by atoms with van der Waals surface area (Å²) in [5.74, 6) is -0.0654. The molecule has 7 heteroatoms. The highest BCUT2D eigenvalue weighted by Gasteiger charge is 2.54. The fourth-order valence-electron chi connectivity index (χ4n) is 3.10. The number of guanidine groups is 1. The maximum Gasteiger partial charge on any atom is 0.282 e. The molecule has 1 unspecified atom stereocenters. The van der Waals surface area contributed by atoms with E-state index in [0.29, 0.717) is 13.0 Å². The molecule has 3 rings (SSSR count). The van der Waals surface area contributed by atoms with Gasteiger partial charge in [-0.05, 0) is 24.6 Å². The number of nitrogens with zero attached hydrogens (tertiary/aromatic N) is 2. The lowest BCUT2D eigenvalue weighted by Crippen LogP contribution is -2.52. The van der Waals surface area contributed by atoms with Crippen LogP contribution in [0, 0.1) is 5.41 Å². The SMILES string of the molecule is CCOC1(Cc2c[nH]c3cc(Br)ccc23)C(=O)N(C)C(=N)N1C. The van der Waals surface area contributed by atoms with E-state index in [1.54, 1.807) is 19.0 Å². The monoisotopic (exact) mass is 378 g/mol. The van der Waals surface area contributed by atoms with Crippen LogP contribution in [0.3, 0.4) is 0 Å². The fraction of sp³-hybridized carbons (Fsp3) is 0.375. The Morgan fingerprint density at radius 3 is 2.74 bits per heavy atom. The standard InChI is InChI=1S/C16H19BrN4O2/c1-4-23-16(14(22)20(2)15(18)21(16)3)8-10-9-19-13-7-11(17)5-6-12(10)13/h5-7,9,18-19H,4,8H2,1-3H3. The Bertz CT molecular complexity index is 787. The van der Waals surface area contributed by atoms with Gasteiger partial charge in [-0.15, -0.1) is 0 Å². The highest BCUT2D eigenvalue weighted by molar-refractivity contribution is 9.10. The minimum atomic E-state index is -1.16. The van der Waals surface area contributed by atoms with Gasteiger partial charge in [0.2, 0.25) is 11.7 Å². The molecule has 2 heterocycles. The van der Waals surface area contributed by atoms with Crippen molar-refractivity contribution in [1.82, 2.24) is 14.8 Å². The number of rotatable bonds is 4. The molecule has 0 saturated carbocycles. The number of amides is 1. The average Bonchev–Trinajstić information content (AvgIpc) is 2.98. The van der Waals surface area contributed by atoms with Crippen molar-refractivity contribution in [2.24, 2.45) is 0 Å². The number of H-pyrrole nitrogens is 1. The summed E-state index contributed by atoms with van der Waals surface area (Å²) in [6.45, 7) is 2.25. The lowest BCUT2D eigenvalue weighted by molar-refractivity contribution is -0.161. The van der Waals surface area contributed by atoms with Crippen LogP contribution in [0.25, 0.3) is 10.9 Å². The lowest BCUT2D eigenvalue weighted by Gasteiger charge is -2.32. The minimum Gasteiger partial charge on any atom is -0.361 e. The minimum absolute atomic E-state index is 0.144. The number of hydrogen-bond acceptors (Lipinski definition) is 3. The number of hydrogen-bond donors (Lipinski definition) is 2. The Hall–Kier alpha value is -1.86. The number of carbonyl (C=O) groups is 1. The largest absolute Gasteiger partial charge is 0.361 e. The predicted molar refractivity (Wildman–Crippen MR) is 92.3 cm³/mol. The summed E-state index contributed by atoms with van der Waals surface area (Å²) in [6.07, 6.45) is 2.28. The first-order chi connectivity index (χ1) is 10.9. The zero-order chi connectivity index (χ0) is 16.8. The highest BCUT2D eigenvalue weighted by Crippen LogP contribution is 2.33. The third-order valence-corrected chi connectivity index (χ3v) is 4.85. The van der Waals surface area contributed by atoms with Gasteiger partial charge < -0.3 is 14.6 Å². The summed E-state index contributed by atoms with van der Waals surface area (Å²) in [6, 6.07) is 5.99. The molecule has 1 fully saturated rings. The topological polar surface area (TPSA) is 72.4 Å². The van der Waals surface area contributed by atoms with Gasteiger partial charge in [-0.25, -0.2) is 0 Å². The first-order valence-corrected chi connectivity index (χ1v) is 8.20. The van der Waals surface area contributed by atoms with Crippen molar-refractivity contribution >= 4 is 38.7 Å². The molecular formula is C16H19BrN4O2. The second-order valence-corrected chi connectivity index (χ2v) is 6.56. The van der Waals surface area contributed by atoms with Gasteiger partial charge in [-0.1, -0.05) is 22.0 Å². The van der Waals surface area contributed by atoms with Gasteiger partial charge in [-0.2, -0.15) is 0 Å². The normalized spacial score (nSPS) is 21.7. The maximum atomic E-state index is 12.8. The van der Waals surface area contributed by atoms with Gasteiger partial charge in [0, 0.05) is 48.7 Å². The molecule has 0 bridgehead atoms. The molecule has 122 valence electrons. The molecule has 1 aromatic heterocycles. The zero-order valence-electron chi connectivity index (χ0n) is 13.3. The summed E-state index contributed by atoms with van der Waals surface area (Å²) in [4.78, 5) is 18.9. The molecule has 0 radical (unpaired) electrons. The first kappa shape index (κ1) is 16.0. The summed E-state index contributed by atoms with van der Waals surface area (Å²) in [7, 11) is 3.33. The summed E-state index contributed by atoms with van der Waals surface area (Å²) in [5.41, 5.74) is 0.824. The van der Waals surface area contributed by atoms with Crippen LogP contribution in [0.15, 0.2) is 28.9 Å². The average molecular weight is 379 g/mol. The Kier molecular flexibility index (Phi) is 3.93. The van der Waals surface area contributed by atoms with E-state index >= 15 is 0 Å². The van der Waals surface area contributed by atoms with E-state index in [0.717, 1.165) is 20.9 Å². The van der Waals surface area contributed by atoms with Crippen molar-refractivity contribution in [2.75, 3.05) is 20.7 Å². The number of aromatic amines is 1. The van der Waals surface area contributed by atoms with Crippen LogP contribution >= 0.6 is 15.9 Å². The second-order valence-electron chi connectivity index (χ2n) is 5.64. The Labute approximate surface area is 143 Å². The van der Waals surface area contributed by atoms with Crippen molar-refractivity contribution in [3.63, 3.8) is 0 Å². The van der Waals surface area contributed by atoms with E-state index in [1.165, 1.54) is 4.90 Å². The van der Waals surface area contributed by atoms with Crippen LogP contribution in [-0.2, 0) is 16.0 Å². The number of carbonyl (C=O) groups excluding carboxylic acids is 1. The molecule has 1 atom stereocenters. The summed E-state index contributed by atoms with van der Waals surface area (Å²) >= 11 is 3.46. The van der Waals surface area contributed by atoms with Crippen molar-refractivity contribution in [3.8, 4) is 0 Å².